The fourth-order valence-electron chi connectivity index (χ4n) is 4.25. The number of carbonyl (C=O) groups excluding carboxylic acids is 3. The predicted molar refractivity (Wildman–Crippen MR) is 116 cm³/mol. The number of ketones is 1. The van der Waals surface area contributed by atoms with E-state index in [2.05, 4.69) is 0 Å². The van der Waals surface area contributed by atoms with E-state index in [1.807, 2.05) is 6.07 Å². The quantitative estimate of drug-likeness (QED) is 0.501. The summed E-state index contributed by atoms with van der Waals surface area (Å²) in [7, 11) is 3.05. The van der Waals surface area contributed by atoms with Crippen molar-refractivity contribution in [3.63, 3.8) is 0 Å². The van der Waals surface area contributed by atoms with Gasteiger partial charge in [-0.2, -0.15) is 0 Å². The molecule has 31 heavy (non-hydrogen) atoms. The Labute approximate surface area is 182 Å². The molecule has 0 saturated carbocycles. The average molecular weight is 427 g/mol. The van der Waals surface area contributed by atoms with Crippen molar-refractivity contribution in [3.8, 4) is 0 Å². The molecule has 0 radical (unpaired) electrons. The summed E-state index contributed by atoms with van der Waals surface area (Å²) in [5.41, 5.74) is 2.55. The summed E-state index contributed by atoms with van der Waals surface area (Å²) >= 11 is 0. The molecule has 2 unspecified atom stereocenters. The number of Topliss-reactive ketones (excluding diaryl/α,β-unsaturated/α-hetero) is 1. The minimum Gasteiger partial charge on any atom is -0.464 e. The van der Waals surface area contributed by atoms with Crippen LogP contribution < -0.4 is 0 Å². The number of amides is 1. The molecular formula is C24H30N2O5. The maximum Gasteiger partial charge on any atom is 0.354 e. The van der Waals surface area contributed by atoms with Crippen LogP contribution in [0.1, 0.15) is 62.2 Å². The first-order chi connectivity index (χ1) is 14.8. The Hall–Kier alpha value is -2.93. The van der Waals surface area contributed by atoms with Crippen LogP contribution in [0, 0.1) is 13.8 Å². The van der Waals surface area contributed by atoms with E-state index in [0.717, 1.165) is 12.8 Å². The fourth-order valence-corrected chi connectivity index (χ4v) is 4.25. The van der Waals surface area contributed by atoms with Crippen LogP contribution in [0.2, 0.25) is 0 Å². The van der Waals surface area contributed by atoms with E-state index in [9.17, 15) is 14.4 Å². The number of hydrogen-bond acceptors (Lipinski definition) is 5. The summed E-state index contributed by atoms with van der Waals surface area (Å²) in [6.07, 6.45) is 1.71. The summed E-state index contributed by atoms with van der Waals surface area (Å²) in [5.74, 6) is -0.911. The van der Waals surface area contributed by atoms with E-state index in [4.69, 9.17) is 9.47 Å². The molecule has 2 aromatic rings. The van der Waals surface area contributed by atoms with Crippen molar-refractivity contribution in [1.29, 1.82) is 0 Å². The van der Waals surface area contributed by atoms with Crippen LogP contribution in [-0.2, 0) is 16.5 Å². The van der Waals surface area contributed by atoms with Gasteiger partial charge in [0, 0.05) is 37.0 Å². The number of carbonyl (C=O) groups is 3. The molecule has 0 aliphatic carbocycles. The third-order valence-electron chi connectivity index (χ3n) is 6.11. The van der Waals surface area contributed by atoms with Crippen LogP contribution in [0.25, 0.3) is 0 Å². The highest BCUT2D eigenvalue weighted by Crippen LogP contribution is 2.26. The van der Waals surface area contributed by atoms with Crippen molar-refractivity contribution in [3.05, 3.63) is 58.4 Å². The van der Waals surface area contributed by atoms with Crippen LogP contribution in [0.3, 0.4) is 0 Å². The third kappa shape index (κ3) is 4.42. The van der Waals surface area contributed by atoms with Crippen LogP contribution in [0.4, 0.5) is 0 Å². The Kier molecular flexibility index (Phi) is 6.95. The lowest BCUT2D eigenvalue weighted by atomic mass is 9.98. The molecule has 7 nitrogen and oxygen atoms in total. The normalized spacial score (nSPS) is 16.7. The minimum absolute atomic E-state index is 0.0912. The highest BCUT2D eigenvalue weighted by atomic mass is 16.5. The number of rotatable bonds is 7. The molecule has 1 aliphatic heterocycles. The highest BCUT2D eigenvalue weighted by Gasteiger charge is 2.34. The van der Waals surface area contributed by atoms with Crippen LogP contribution in [0.5, 0.6) is 0 Å². The zero-order valence-electron chi connectivity index (χ0n) is 18.8. The van der Waals surface area contributed by atoms with E-state index in [-0.39, 0.29) is 17.8 Å². The third-order valence-corrected chi connectivity index (χ3v) is 6.11. The molecular weight excluding hydrogens is 396 g/mol. The minimum atomic E-state index is -0.720. The van der Waals surface area contributed by atoms with Gasteiger partial charge in [-0.05, 0) is 51.3 Å². The summed E-state index contributed by atoms with van der Waals surface area (Å²) < 4.78 is 12.3. The van der Waals surface area contributed by atoms with Crippen LogP contribution >= 0.6 is 0 Å². The van der Waals surface area contributed by atoms with E-state index in [0.29, 0.717) is 41.2 Å². The van der Waals surface area contributed by atoms with E-state index in [1.165, 1.54) is 7.11 Å². The molecule has 0 N–H and O–H groups in total. The molecule has 2 heterocycles. The van der Waals surface area contributed by atoms with Crippen molar-refractivity contribution in [2.75, 3.05) is 20.3 Å². The second kappa shape index (κ2) is 9.47. The van der Waals surface area contributed by atoms with Crippen molar-refractivity contribution < 1.29 is 23.9 Å². The fraction of sp³-hybridized carbons (Fsp3) is 0.458. The maximum absolute atomic E-state index is 13.6. The van der Waals surface area contributed by atoms with Gasteiger partial charge < -0.3 is 18.9 Å². The van der Waals surface area contributed by atoms with Gasteiger partial charge in [0.05, 0.1) is 19.3 Å². The molecule has 1 saturated heterocycles. The first-order valence-electron chi connectivity index (χ1n) is 10.5. The molecule has 3 rings (SSSR count). The van der Waals surface area contributed by atoms with Crippen LogP contribution in [-0.4, -0.2) is 59.5 Å². The van der Waals surface area contributed by atoms with Crippen molar-refractivity contribution in [2.24, 2.45) is 7.05 Å². The number of aromatic nitrogens is 1. The molecule has 0 bridgehead atoms. The number of hydrogen-bond donors (Lipinski definition) is 0. The number of benzene rings is 1. The van der Waals surface area contributed by atoms with E-state index >= 15 is 0 Å². The molecule has 7 heteroatoms. The lowest BCUT2D eigenvalue weighted by Crippen LogP contribution is -2.47. The highest BCUT2D eigenvalue weighted by molar-refractivity contribution is 6.07. The predicted octanol–water partition coefficient (Wildman–Crippen LogP) is 3.32. The second-order valence-electron chi connectivity index (χ2n) is 7.98. The van der Waals surface area contributed by atoms with Gasteiger partial charge in [0.1, 0.15) is 5.69 Å². The lowest BCUT2D eigenvalue weighted by molar-refractivity contribution is 0.0410. The Morgan fingerprint density at radius 2 is 1.90 bits per heavy atom. The smallest absolute Gasteiger partial charge is 0.354 e. The van der Waals surface area contributed by atoms with E-state index in [1.54, 1.807) is 61.6 Å². The van der Waals surface area contributed by atoms with Gasteiger partial charge in [0.2, 0.25) is 0 Å². The van der Waals surface area contributed by atoms with Crippen LogP contribution in [0.15, 0.2) is 30.3 Å². The topological polar surface area (TPSA) is 77.8 Å². The molecule has 0 spiro atoms. The van der Waals surface area contributed by atoms with Crippen molar-refractivity contribution in [1.82, 2.24) is 9.47 Å². The molecule has 1 aliphatic rings. The van der Waals surface area contributed by atoms with Crippen molar-refractivity contribution in [2.45, 2.75) is 45.8 Å². The van der Waals surface area contributed by atoms with Gasteiger partial charge in [-0.1, -0.05) is 18.2 Å². The molecule has 1 aromatic carbocycles. The Morgan fingerprint density at radius 3 is 2.48 bits per heavy atom. The summed E-state index contributed by atoms with van der Waals surface area (Å²) in [6, 6.07) is 8.23. The molecule has 166 valence electrons. The molecule has 1 amide bonds. The monoisotopic (exact) mass is 426 g/mol. The summed E-state index contributed by atoms with van der Waals surface area (Å²) in [5, 5.41) is 0. The zero-order chi connectivity index (χ0) is 22.7. The summed E-state index contributed by atoms with van der Waals surface area (Å²) in [6.45, 7) is 6.28. The Bertz CT molecular complexity index is 974. The van der Waals surface area contributed by atoms with Gasteiger partial charge in [-0.25, -0.2) is 4.79 Å². The first kappa shape index (κ1) is 22.7. The van der Waals surface area contributed by atoms with Gasteiger partial charge in [-0.3, -0.25) is 9.59 Å². The molecule has 2 atom stereocenters. The Balaban J connectivity index is 1.97. The number of nitrogens with zero attached hydrogens (tertiary/aromatic N) is 2. The maximum atomic E-state index is 13.6. The van der Waals surface area contributed by atoms with Gasteiger partial charge >= 0.3 is 5.97 Å². The molecule has 1 fully saturated rings. The van der Waals surface area contributed by atoms with Gasteiger partial charge in [0.15, 0.2) is 5.78 Å². The second-order valence-corrected chi connectivity index (χ2v) is 7.98. The largest absolute Gasteiger partial charge is 0.464 e. The van der Waals surface area contributed by atoms with E-state index < -0.39 is 12.0 Å². The SMILES string of the molecule is COC(=O)c1c(C)c(C(=O)C(C)N(CC2CCCO2)C(=O)c2ccccc2)c(C)n1C. The van der Waals surface area contributed by atoms with Gasteiger partial charge in [-0.15, -0.1) is 0 Å². The zero-order valence-corrected chi connectivity index (χ0v) is 18.8. The lowest BCUT2D eigenvalue weighted by Gasteiger charge is -2.31. The average Bonchev–Trinajstić information content (AvgIpc) is 3.37. The number of methoxy groups -OCH3 is 1. The molecule has 1 aromatic heterocycles. The summed E-state index contributed by atoms with van der Waals surface area (Å²) in [4.78, 5) is 40.8. The van der Waals surface area contributed by atoms with Crippen molar-refractivity contribution >= 4 is 17.7 Å². The number of ether oxygens (including phenoxy) is 2. The number of esters is 1. The van der Waals surface area contributed by atoms with Gasteiger partial charge in [0.25, 0.3) is 5.91 Å². The first-order valence-corrected chi connectivity index (χ1v) is 10.5. The standard InChI is InChI=1S/C24H30N2O5/c1-15-20(16(2)25(4)21(15)24(29)30-5)22(27)17(3)26(14-19-12-9-13-31-19)23(28)18-10-7-6-8-11-18/h6-8,10-11,17,19H,9,12-14H2,1-5H3. The Morgan fingerprint density at radius 1 is 1.23 bits per heavy atom.